The van der Waals surface area contributed by atoms with Crippen molar-refractivity contribution in [3.8, 4) is 5.75 Å². The summed E-state index contributed by atoms with van der Waals surface area (Å²) in [6, 6.07) is 7.17. The Hall–Kier alpha value is -3.49. The number of benzene rings is 1. The van der Waals surface area contributed by atoms with Crippen LogP contribution in [0.2, 0.25) is 0 Å². The first kappa shape index (κ1) is 21.2. The summed E-state index contributed by atoms with van der Waals surface area (Å²) in [6.07, 6.45) is 0. The molecule has 0 spiro atoms. The molecule has 0 atom stereocenters. The summed E-state index contributed by atoms with van der Waals surface area (Å²) in [7, 11) is 3.08. The van der Waals surface area contributed by atoms with Crippen molar-refractivity contribution in [1.29, 1.82) is 0 Å². The van der Waals surface area contributed by atoms with Crippen LogP contribution in [0.1, 0.15) is 35.8 Å². The SMILES string of the molecule is CC(C)c1cc(C(=O)N(C)CCOc2ccc(F)cc2)c2c(=O)[nH]c(=O)n(C)c2n1. The highest BCUT2D eigenvalue weighted by Gasteiger charge is 2.22. The highest BCUT2D eigenvalue weighted by atomic mass is 19.1. The van der Waals surface area contributed by atoms with Crippen LogP contribution in [0.25, 0.3) is 11.0 Å². The van der Waals surface area contributed by atoms with Gasteiger partial charge in [0.1, 0.15) is 23.8 Å². The number of aromatic nitrogens is 3. The molecule has 0 radical (unpaired) electrons. The summed E-state index contributed by atoms with van der Waals surface area (Å²) in [6.45, 7) is 4.24. The lowest BCUT2D eigenvalue weighted by Crippen LogP contribution is -2.34. The van der Waals surface area contributed by atoms with Gasteiger partial charge in [-0.05, 0) is 36.2 Å². The van der Waals surface area contributed by atoms with Crippen LogP contribution < -0.4 is 16.0 Å². The lowest BCUT2D eigenvalue weighted by atomic mass is 10.0. The largest absolute Gasteiger partial charge is 0.492 e. The molecule has 0 saturated carbocycles. The summed E-state index contributed by atoms with van der Waals surface area (Å²) >= 11 is 0. The number of fused-ring (bicyclic) bond motifs is 1. The van der Waals surface area contributed by atoms with E-state index in [9.17, 15) is 18.8 Å². The van der Waals surface area contributed by atoms with Crippen molar-refractivity contribution in [3.05, 3.63) is 68.2 Å². The second kappa shape index (κ2) is 8.48. The predicted molar refractivity (Wildman–Crippen MR) is 111 cm³/mol. The number of pyridine rings is 1. The number of nitrogens with zero attached hydrogens (tertiary/aromatic N) is 3. The molecule has 1 aromatic carbocycles. The smallest absolute Gasteiger partial charge is 0.329 e. The number of amides is 1. The van der Waals surface area contributed by atoms with E-state index in [4.69, 9.17) is 4.74 Å². The molecule has 8 nitrogen and oxygen atoms in total. The third-order valence-corrected chi connectivity index (χ3v) is 4.77. The van der Waals surface area contributed by atoms with Gasteiger partial charge < -0.3 is 9.64 Å². The number of halogens is 1. The fourth-order valence-corrected chi connectivity index (χ4v) is 2.96. The topological polar surface area (TPSA) is 97.3 Å². The average Bonchev–Trinajstić information content (AvgIpc) is 2.71. The number of rotatable bonds is 6. The van der Waals surface area contributed by atoms with E-state index in [1.54, 1.807) is 13.1 Å². The second-order valence-electron chi connectivity index (χ2n) is 7.30. The van der Waals surface area contributed by atoms with Crippen molar-refractivity contribution in [2.24, 2.45) is 7.05 Å². The van der Waals surface area contributed by atoms with Crippen LogP contribution in [0.4, 0.5) is 4.39 Å². The lowest BCUT2D eigenvalue weighted by molar-refractivity contribution is 0.0775. The van der Waals surface area contributed by atoms with E-state index in [0.29, 0.717) is 11.4 Å². The van der Waals surface area contributed by atoms with Gasteiger partial charge in [0.2, 0.25) is 0 Å². The first-order valence-electron chi connectivity index (χ1n) is 9.46. The van der Waals surface area contributed by atoms with Crippen molar-refractivity contribution in [3.63, 3.8) is 0 Å². The monoisotopic (exact) mass is 414 g/mol. The van der Waals surface area contributed by atoms with E-state index < -0.39 is 17.2 Å². The Morgan fingerprint density at radius 1 is 1.27 bits per heavy atom. The molecular formula is C21H23FN4O4. The quantitative estimate of drug-likeness (QED) is 0.666. The third-order valence-electron chi connectivity index (χ3n) is 4.77. The highest BCUT2D eigenvalue weighted by molar-refractivity contribution is 6.05. The number of H-pyrrole nitrogens is 1. The van der Waals surface area contributed by atoms with Gasteiger partial charge in [-0.15, -0.1) is 0 Å². The van der Waals surface area contributed by atoms with E-state index in [0.717, 1.165) is 0 Å². The first-order valence-corrected chi connectivity index (χ1v) is 9.46. The zero-order valence-corrected chi connectivity index (χ0v) is 17.2. The lowest BCUT2D eigenvalue weighted by Gasteiger charge is -2.19. The molecule has 1 N–H and O–H groups in total. The molecule has 1 amide bonds. The molecule has 0 aliphatic heterocycles. The second-order valence-corrected chi connectivity index (χ2v) is 7.30. The van der Waals surface area contributed by atoms with Crippen molar-refractivity contribution < 1.29 is 13.9 Å². The van der Waals surface area contributed by atoms with Crippen molar-refractivity contribution in [2.45, 2.75) is 19.8 Å². The summed E-state index contributed by atoms with van der Waals surface area (Å²) in [5.74, 6) is -0.279. The van der Waals surface area contributed by atoms with Gasteiger partial charge in [0.25, 0.3) is 11.5 Å². The van der Waals surface area contributed by atoms with E-state index in [2.05, 4.69) is 9.97 Å². The minimum atomic E-state index is -0.657. The minimum absolute atomic E-state index is 0.0116. The molecule has 3 rings (SSSR count). The van der Waals surface area contributed by atoms with Gasteiger partial charge in [0.15, 0.2) is 0 Å². The Morgan fingerprint density at radius 2 is 1.93 bits per heavy atom. The van der Waals surface area contributed by atoms with Crippen LogP contribution in [0.5, 0.6) is 5.75 Å². The van der Waals surface area contributed by atoms with E-state index in [1.165, 1.54) is 40.8 Å². The predicted octanol–water partition coefficient (Wildman–Crippen LogP) is 2.04. The molecule has 2 heterocycles. The number of nitrogens with one attached hydrogen (secondary N) is 1. The molecule has 0 fully saturated rings. The fourth-order valence-electron chi connectivity index (χ4n) is 2.96. The Labute approximate surface area is 171 Å². The molecule has 3 aromatic rings. The maximum atomic E-state index is 13.1. The van der Waals surface area contributed by atoms with Crippen LogP contribution in [0, 0.1) is 5.82 Å². The minimum Gasteiger partial charge on any atom is -0.492 e. The Morgan fingerprint density at radius 3 is 2.57 bits per heavy atom. The molecule has 0 unspecified atom stereocenters. The normalized spacial score (nSPS) is 11.1. The number of carbonyl (C=O) groups excluding carboxylic acids is 1. The maximum absolute atomic E-state index is 13.1. The number of ether oxygens (including phenoxy) is 1. The average molecular weight is 414 g/mol. The summed E-state index contributed by atoms with van der Waals surface area (Å²) in [5.41, 5.74) is -0.322. The van der Waals surface area contributed by atoms with Gasteiger partial charge in [0, 0.05) is 19.8 Å². The molecule has 30 heavy (non-hydrogen) atoms. The standard InChI is InChI=1S/C21H23FN4O4/c1-12(2)16-11-15(17-18(23-16)26(4)21(29)24-19(17)27)20(28)25(3)9-10-30-14-7-5-13(22)6-8-14/h5-8,11-12H,9-10H2,1-4H3,(H,24,27,29). The Balaban J connectivity index is 1.91. The zero-order chi connectivity index (χ0) is 22.0. The Bertz CT molecular complexity index is 1200. The van der Waals surface area contributed by atoms with Gasteiger partial charge >= 0.3 is 5.69 Å². The van der Waals surface area contributed by atoms with E-state index in [-0.39, 0.29) is 41.5 Å². The number of hydrogen-bond acceptors (Lipinski definition) is 5. The molecule has 0 aliphatic carbocycles. The van der Waals surface area contributed by atoms with Gasteiger partial charge in [-0.25, -0.2) is 14.2 Å². The molecule has 0 saturated heterocycles. The molecule has 2 aromatic heterocycles. The summed E-state index contributed by atoms with van der Waals surface area (Å²) in [5, 5.41) is 0.0674. The molecular weight excluding hydrogens is 391 g/mol. The van der Waals surface area contributed by atoms with E-state index in [1.807, 2.05) is 13.8 Å². The number of carbonyl (C=O) groups is 1. The maximum Gasteiger partial charge on any atom is 0.329 e. The van der Waals surface area contributed by atoms with Gasteiger partial charge in [-0.1, -0.05) is 13.8 Å². The van der Waals surface area contributed by atoms with Crippen LogP contribution in [0.3, 0.4) is 0 Å². The van der Waals surface area contributed by atoms with Crippen LogP contribution in [-0.2, 0) is 7.05 Å². The third kappa shape index (κ3) is 4.24. The van der Waals surface area contributed by atoms with E-state index >= 15 is 0 Å². The number of likely N-dealkylation sites (N-methyl/N-ethyl adjacent to an activating group) is 1. The van der Waals surface area contributed by atoms with Crippen LogP contribution in [0.15, 0.2) is 39.9 Å². The fraction of sp³-hybridized carbons (Fsp3) is 0.333. The van der Waals surface area contributed by atoms with Gasteiger partial charge in [0.05, 0.1) is 17.5 Å². The highest BCUT2D eigenvalue weighted by Crippen LogP contribution is 2.20. The van der Waals surface area contributed by atoms with Gasteiger partial charge in [-0.3, -0.25) is 19.1 Å². The number of hydrogen-bond donors (Lipinski definition) is 1. The van der Waals surface area contributed by atoms with Crippen LogP contribution >= 0.6 is 0 Å². The number of aryl methyl sites for hydroxylation is 1. The van der Waals surface area contributed by atoms with Gasteiger partial charge in [-0.2, -0.15) is 0 Å². The van der Waals surface area contributed by atoms with Crippen molar-refractivity contribution >= 4 is 16.9 Å². The first-order chi connectivity index (χ1) is 14.2. The Kier molecular flexibility index (Phi) is 6.00. The van der Waals surface area contributed by atoms with Crippen LogP contribution in [-0.4, -0.2) is 45.5 Å². The zero-order valence-electron chi connectivity index (χ0n) is 17.2. The van der Waals surface area contributed by atoms with Crippen molar-refractivity contribution in [2.75, 3.05) is 20.2 Å². The summed E-state index contributed by atoms with van der Waals surface area (Å²) in [4.78, 5) is 45.6. The molecule has 0 bridgehead atoms. The molecule has 9 heteroatoms. The number of aromatic amines is 1. The summed E-state index contributed by atoms with van der Waals surface area (Å²) < 4.78 is 19.7. The molecule has 0 aliphatic rings. The van der Waals surface area contributed by atoms with Crippen molar-refractivity contribution in [1.82, 2.24) is 19.4 Å². The molecule has 158 valence electrons.